The van der Waals surface area contributed by atoms with Crippen molar-refractivity contribution in [2.45, 2.75) is 271 Å². The maximum absolute atomic E-state index is 11.1. The lowest BCUT2D eigenvalue weighted by atomic mass is 10.0. The van der Waals surface area contributed by atoms with Gasteiger partial charge in [-0.15, -0.1) is 0 Å². The minimum absolute atomic E-state index is 0.401. The SMILES string of the molecule is OC1[C@H](O[C@@H]2CO[C@@H](O[C@@H]3CO[C@H](O[C@@H]4CO[C@H](O[C@@H]5CO[C@H](O[C@@H]6CO[C@H](O[C@@H]7CO[C@H](O[C@@H]8CO[C@H](O[C@@H]9CO[C@H](O[C@@H]%10CO[C@H](O[C@@H]%11CO[C@@H](O)C(O)[C@H]%11O)C(O)[C@H]%10O)C(O)[C@H]9O)C(O)[C@H]8O)C(O)[C@H]7O)C(O)[C@H]6O)C(O)[C@H]5O)C(O)[C@H]4O)C(O)[C@H]3O)C(O)[C@H]2O)OC[C@@H](O)[C@@H]1O. The lowest BCUT2D eigenvalue weighted by Crippen LogP contribution is -2.64. The fourth-order valence-electron chi connectivity index (χ4n) is 12.6. The molecule has 580 valence electrons. The van der Waals surface area contributed by atoms with Gasteiger partial charge in [0.1, 0.15) is 201 Å². The van der Waals surface area contributed by atoms with Crippen LogP contribution in [0.4, 0.5) is 0 Å². The second kappa shape index (κ2) is 34.2. The molecule has 0 bridgehead atoms. The van der Waals surface area contributed by atoms with Crippen molar-refractivity contribution < 1.29 is 222 Å². The summed E-state index contributed by atoms with van der Waals surface area (Å²) in [6, 6.07) is 0. The van der Waals surface area contributed by atoms with E-state index in [2.05, 4.69) is 0 Å². The van der Waals surface area contributed by atoms with Gasteiger partial charge < -0.3 is 222 Å². The Balaban J connectivity index is 0.562. The van der Waals surface area contributed by atoms with Crippen molar-refractivity contribution in [3.05, 3.63) is 0 Å². The minimum atomic E-state index is -1.95. The summed E-state index contributed by atoms with van der Waals surface area (Å²) < 4.78 is 116. The molecule has 0 aliphatic carbocycles. The molecule has 11 saturated heterocycles. The third-order valence-electron chi connectivity index (χ3n) is 18.9. The van der Waals surface area contributed by atoms with Gasteiger partial charge in [-0.1, -0.05) is 0 Å². The topological polar surface area (TPSA) is 679 Å². The second-order valence-corrected chi connectivity index (χ2v) is 25.8. The normalized spacial score (nSPS) is 54.7. The first kappa shape index (κ1) is 79.2. The van der Waals surface area contributed by atoms with Crippen LogP contribution >= 0.6 is 0 Å². The first-order valence-electron chi connectivity index (χ1n) is 32.2. The van der Waals surface area contributed by atoms with E-state index in [1.807, 2.05) is 0 Å². The molecule has 11 heterocycles. The van der Waals surface area contributed by atoms with Crippen molar-refractivity contribution in [2.24, 2.45) is 0 Å². The Hall–Kier alpha value is -1.80. The zero-order chi connectivity index (χ0) is 72.0. The summed E-state index contributed by atoms with van der Waals surface area (Å²) in [5, 5.41) is 257. The molecule has 45 nitrogen and oxygen atoms in total. The molecule has 11 aliphatic heterocycles. The smallest absolute Gasteiger partial charge is 0.186 e. The Bertz CT molecular complexity index is 2350. The van der Waals surface area contributed by atoms with Gasteiger partial charge >= 0.3 is 0 Å². The Kier molecular flexibility index (Phi) is 27.1. The van der Waals surface area contributed by atoms with Crippen LogP contribution in [0.1, 0.15) is 0 Å². The second-order valence-electron chi connectivity index (χ2n) is 25.8. The number of aliphatic hydroxyl groups excluding tert-OH is 24. The summed E-state index contributed by atoms with van der Waals surface area (Å²) in [6.07, 6.45) is -74.2. The van der Waals surface area contributed by atoms with E-state index < -0.39 is 343 Å². The summed E-state index contributed by atoms with van der Waals surface area (Å²) in [4.78, 5) is 0. The van der Waals surface area contributed by atoms with Crippen LogP contribution in [0.3, 0.4) is 0 Å². The monoisotopic (exact) mass is 1470 g/mol. The lowest BCUT2D eigenvalue weighted by Gasteiger charge is -2.46. The van der Waals surface area contributed by atoms with Gasteiger partial charge in [0.05, 0.1) is 72.7 Å². The van der Waals surface area contributed by atoms with E-state index >= 15 is 0 Å². The molecule has 11 aliphatic rings. The maximum atomic E-state index is 11.1. The van der Waals surface area contributed by atoms with Gasteiger partial charge in [0.25, 0.3) is 0 Å². The molecule has 44 atom stereocenters. The van der Waals surface area contributed by atoms with Gasteiger partial charge in [-0.3, -0.25) is 0 Å². The van der Waals surface area contributed by atoms with Crippen LogP contribution < -0.4 is 0 Å². The third kappa shape index (κ3) is 17.2. The molecule has 0 aromatic heterocycles. The van der Waals surface area contributed by atoms with Crippen LogP contribution in [0.15, 0.2) is 0 Å². The molecule has 0 saturated carbocycles. The number of hydrogen-bond donors (Lipinski definition) is 24. The lowest BCUT2D eigenvalue weighted by molar-refractivity contribution is -0.370. The van der Waals surface area contributed by atoms with Crippen molar-refractivity contribution >= 4 is 0 Å². The zero-order valence-corrected chi connectivity index (χ0v) is 52.5. The van der Waals surface area contributed by atoms with E-state index in [1.165, 1.54) is 0 Å². The minimum Gasteiger partial charge on any atom is -0.388 e. The van der Waals surface area contributed by atoms with Crippen molar-refractivity contribution in [1.29, 1.82) is 0 Å². The maximum Gasteiger partial charge on any atom is 0.186 e. The molecule has 0 amide bonds. The van der Waals surface area contributed by atoms with E-state index in [0.717, 1.165) is 0 Å². The predicted molar refractivity (Wildman–Crippen MR) is 296 cm³/mol. The first-order valence-corrected chi connectivity index (χ1v) is 32.2. The average molecular weight is 1470 g/mol. The van der Waals surface area contributed by atoms with Crippen LogP contribution in [0.2, 0.25) is 0 Å². The van der Waals surface area contributed by atoms with Crippen LogP contribution in [0.5, 0.6) is 0 Å². The third-order valence-corrected chi connectivity index (χ3v) is 18.9. The molecule has 0 spiro atoms. The van der Waals surface area contributed by atoms with Gasteiger partial charge in [-0.05, 0) is 0 Å². The van der Waals surface area contributed by atoms with Crippen molar-refractivity contribution in [3.8, 4) is 0 Å². The number of hydrogen-bond acceptors (Lipinski definition) is 45. The Morgan fingerprint density at radius 2 is 0.270 bits per heavy atom. The fraction of sp³-hybridized carbons (Fsp3) is 1.00. The highest BCUT2D eigenvalue weighted by Crippen LogP contribution is 2.35. The first-order chi connectivity index (χ1) is 47.5. The van der Waals surface area contributed by atoms with Crippen LogP contribution in [0, 0.1) is 0 Å². The van der Waals surface area contributed by atoms with Crippen molar-refractivity contribution in [2.75, 3.05) is 72.7 Å². The molecule has 0 aromatic rings. The van der Waals surface area contributed by atoms with Gasteiger partial charge in [0, 0.05) is 0 Å². The molecule has 11 unspecified atom stereocenters. The molecular formula is C55H90O45. The highest BCUT2D eigenvalue weighted by molar-refractivity contribution is 4.97. The summed E-state index contributed by atoms with van der Waals surface area (Å²) in [5.41, 5.74) is 0. The number of rotatable bonds is 20. The van der Waals surface area contributed by atoms with E-state index in [9.17, 15) is 123 Å². The Morgan fingerprint density at radius 3 is 0.440 bits per heavy atom. The average Bonchev–Trinajstić information content (AvgIpc) is 0.803. The molecule has 0 radical (unpaired) electrons. The van der Waals surface area contributed by atoms with Gasteiger partial charge in [-0.2, -0.15) is 0 Å². The molecular weight excluding hydrogens is 1380 g/mol. The molecule has 24 N–H and O–H groups in total. The van der Waals surface area contributed by atoms with Gasteiger partial charge in [0.2, 0.25) is 0 Å². The van der Waals surface area contributed by atoms with E-state index in [4.69, 9.17) is 99.5 Å². The summed E-state index contributed by atoms with van der Waals surface area (Å²) in [6.45, 7) is -5.66. The van der Waals surface area contributed by atoms with Gasteiger partial charge in [-0.25, -0.2) is 0 Å². The van der Waals surface area contributed by atoms with Gasteiger partial charge in [0.15, 0.2) is 69.2 Å². The molecule has 45 heteroatoms. The van der Waals surface area contributed by atoms with Crippen molar-refractivity contribution in [3.63, 3.8) is 0 Å². The Morgan fingerprint density at radius 1 is 0.140 bits per heavy atom. The summed E-state index contributed by atoms with van der Waals surface area (Å²) in [5.74, 6) is 0. The molecule has 11 rings (SSSR count). The van der Waals surface area contributed by atoms with E-state index in [-0.39, 0.29) is 0 Å². The van der Waals surface area contributed by atoms with E-state index in [0.29, 0.717) is 0 Å². The van der Waals surface area contributed by atoms with Crippen LogP contribution in [-0.2, 0) is 99.5 Å². The van der Waals surface area contributed by atoms with Crippen LogP contribution in [-0.4, -0.2) is 466 Å². The largest absolute Gasteiger partial charge is 0.388 e. The molecule has 0 aromatic carbocycles. The molecule has 100 heavy (non-hydrogen) atoms. The molecule has 11 fully saturated rings. The summed E-state index contributed by atoms with van der Waals surface area (Å²) in [7, 11) is 0. The quantitative estimate of drug-likeness (QED) is 0.0538. The highest BCUT2D eigenvalue weighted by atomic mass is 16.8. The fourth-order valence-corrected chi connectivity index (χ4v) is 12.6. The summed E-state index contributed by atoms with van der Waals surface area (Å²) >= 11 is 0. The van der Waals surface area contributed by atoms with Crippen LogP contribution in [0.25, 0.3) is 0 Å². The van der Waals surface area contributed by atoms with E-state index in [1.54, 1.807) is 0 Å². The Labute approximate surface area is 564 Å². The zero-order valence-electron chi connectivity index (χ0n) is 52.5. The van der Waals surface area contributed by atoms with Crippen molar-refractivity contribution in [1.82, 2.24) is 0 Å². The highest BCUT2D eigenvalue weighted by Gasteiger charge is 2.56. The number of aliphatic hydroxyl groups is 24. The predicted octanol–water partition coefficient (Wildman–Crippen LogP) is -17.9. The number of ether oxygens (including phenoxy) is 21. The standard InChI is InChI=1S/C55H90O45/c56-12-1-81-46(35(69)23(12)57)92-14-3-83-48(37(71)25(14)59)94-16-5-85-50(39(73)27(16)61)96-18-7-87-52(41(75)29(18)63)98-20-9-89-54(43(77)31(20)65)100-22-11-90-55(44(78)33(22)67)99-21-10-88-53(42(76)32(21)66)97-19-8-86-51(40(74)30(19)64)95-17-6-84-49(38(72)28(17)62)93-15-4-82-47(36(70)26(15)60)91-13-2-80-45(79)34(68)24(13)58/h12-79H,1-11H2/t12-,13-,14-,15-,16-,17-,18-,19-,20-,21-,22-,23+,24+,25+,26+,27+,28+,29+,30+,31+,32+,33+,34?,35?,36?,37?,38?,39?,40?,41?,42?,43?,44?,45-,46+,47-,48+,49-,50-,51-,52-,53-,54-,55-/m1/s1.